The quantitative estimate of drug-likeness (QED) is 0.852. The van der Waals surface area contributed by atoms with Crippen molar-refractivity contribution in [2.75, 3.05) is 11.9 Å². The summed E-state index contributed by atoms with van der Waals surface area (Å²) in [5.74, 6) is -0.255. The first-order valence-corrected chi connectivity index (χ1v) is 7.30. The molecule has 0 aromatic heterocycles. The summed E-state index contributed by atoms with van der Waals surface area (Å²) in [4.78, 5) is 0. The Bertz CT molecular complexity index is 571. The Kier molecular flexibility index (Phi) is 5.15. The minimum absolute atomic E-state index is 0.0793. The van der Waals surface area contributed by atoms with E-state index in [9.17, 15) is 4.39 Å². The standard InChI is InChI=1S/C16H17BrFNO/c1-11(13-4-7-16(18)15(17)10-13)19-14-5-2-12(3-6-14)8-9-20/h2-7,10-11,19-20H,8-9H2,1H3. The molecular weight excluding hydrogens is 321 g/mol. The third-order valence-electron chi connectivity index (χ3n) is 3.18. The van der Waals surface area contributed by atoms with Gasteiger partial charge in [0.05, 0.1) is 4.47 Å². The minimum Gasteiger partial charge on any atom is -0.396 e. The van der Waals surface area contributed by atoms with Gasteiger partial charge in [-0.25, -0.2) is 4.39 Å². The van der Waals surface area contributed by atoms with E-state index >= 15 is 0 Å². The molecule has 0 aliphatic heterocycles. The van der Waals surface area contributed by atoms with Crippen LogP contribution in [0.2, 0.25) is 0 Å². The molecule has 0 radical (unpaired) electrons. The molecule has 2 nitrogen and oxygen atoms in total. The first kappa shape index (κ1) is 15.0. The van der Waals surface area contributed by atoms with Crippen molar-refractivity contribution in [3.63, 3.8) is 0 Å². The highest BCUT2D eigenvalue weighted by Crippen LogP contribution is 2.24. The molecule has 2 rings (SSSR count). The summed E-state index contributed by atoms with van der Waals surface area (Å²) in [5.41, 5.74) is 3.12. The number of rotatable bonds is 5. The average molecular weight is 338 g/mol. The Balaban J connectivity index is 2.06. The fraction of sp³-hybridized carbons (Fsp3) is 0.250. The van der Waals surface area contributed by atoms with E-state index in [2.05, 4.69) is 21.2 Å². The summed E-state index contributed by atoms with van der Waals surface area (Å²) in [7, 11) is 0. The Morgan fingerprint density at radius 3 is 2.50 bits per heavy atom. The van der Waals surface area contributed by atoms with E-state index in [0.29, 0.717) is 10.9 Å². The van der Waals surface area contributed by atoms with Gasteiger partial charge in [-0.15, -0.1) is 0 Å². The summed E-state index contributed by atoms with van der Waals surface area (Å²) >= 11 is 3.20. The first-order chi connectivity index (χ1) is 9.60. The lowest BCUT2D eigenvalue weighted by molar-refractivity contribution is 0.299. The lowest BCUT2D eigenvalue weighted by Crippen LogP contribution is -2.07. The molecule has 0 amide bonds. The second-order valence-corrected chi connectivity index (χ2v) is 5.56. The first-order valence-electron chi connectivity index (χ1n) is 6.51. The molecule has 0 saturated heterocycles. The van der Waals surface area contributed by atoms with Gasteiger partial charge >= 0.3 is 0 Å². The molecule has 4 heteroatoms. The Morgan fingerprint density at radius 2 is 1.90 bits per heavy atom. The van der Waals surface area contributed by atoms with Crippen LogP contribution >= 0.6 is 15.9 Å². The summed E-state index contributed by atoms with van der Waals surface area (Å²) in [5, 5.41) is 12.2. The smallest absolute Gasteiger partial charge is 0.137 e. The zero-order valence-corrected chi connectivity index (χ0v) is 12.8. The molecule has 2 aromatic rings. The maximum atomic E-state index is 13.2. The van der Waals surface area contributed by atoms with E-state index in [1.807, 2.05) is 31.2 Å². The summed E-state index contributed by atoms with van der Waals surface area (Å²) in [6.07, 6.45) is 0.667. The maximum Gasteiger partial charge on any atom is 0.137 e. The Labute approximate surface area is 126 Å². The number of aliphatic hydroxyl groups excluding tert-OH is 1. The normalized spacial score (nSPS) is 12.2. The van der Waals surface area contributed by atoms with E-state index in [0.717, 1.165) is 16.8 Å². The van der Waals surface area contributed by atoms with Crippen LogP contribution in [0.1, 0.15) is 24.1 Å². The number of anilines is 1. The van der Waals surface area contributed by atoms with Crippen molar-refractivity contribution in [2.45, 2.75) is 19.4 Å². The van der Waals surface area contributed by atoms with Crippen LogP contribution in [0, 0.1) is 5.82 Å². The number of benzene rings is 2. The van der Waals surface area contributed by atoms with E-state index < -0.39 is 0 Å². The topological polar surface area (TPSA) is 32.3 Å². The summed E-state index contributed by atoms with van der Waals surface area (Å²) in [6, 6.07) is 13.1. The lowest BCUT2D eigenvalue weighted by Gasteiger charge is -2.16. The predicted octanol–water partition coefficient (Wildman–Crippen LogP) is 4.30. The van der Waals surface area contributed by atoms with Gasteiger partial charge in [-0.3, -0.25) is 0 Å². The molecular formula is C16H17BrFNO. The molecule has 0 heterocycles. The van der Waals surface area contributed by atoms with Crippen molar-refractivity contribution >= 4 is 21.6 Å². The van der Waals surface area contributed by atoms with E-state index in [-0.39, 0.29) is 18.5 Å². The van der Waals surface area contributed by atoms with Gasteiger partial charge in [0, 0.05) is 18.3 Å². The van der Waals surface area contributed by atoms with Crippen molar-refractivity contribution in [3.8, 4) is 0 Å². The van der Waals surface area contributed by atoms with Crippen molar-refractivity contribution in [1.82, 2.24) is 0 Å². The van der Waals surface area contributed by atoms with Crippen LogP contribution in [0.4, 0.5) is 10.1 Å². The lowest BCUT2D eigenvalue weighted by atomic mass is 10.1. The molecule has 1 unspecified atom stereocenters. The largest absolute Gasteiger partial charge is 0.396 e. The zero-order chi connectivity index (χ0) is 14.5. The number of aliphatic hydroxyl groups is 1. The molecule has 2 N–H and O–H groups in total. The van der Waals surface area contributed by atoms with Crippen molar-refractivity contribution in [3.05, 3.63) is 63.9 Å². The molecule has 0 fully saturated rings. The number of hydrogen-bond acceptors (Lipinski definition) is 2. The molecule has 0 aliphatic rings. The highest BCUT2D eigenvalue weighted by atomic mass is 79.9. The SMILES string of the molecule is CC(Nc1ccc(CCO)cc1)c1ccc(F)c(Br)c1. The van der Waals surface area contributed by atoms with E-state index in [1.165, 1.54) is 6.07 Å². The van der Waals surface area contributed by atoms with Crippen molar-refractivity contribution in [1.29, 1.82) is 0 Å². The van der Waals surface area contributed by atoms with Gasteiger partial charge in [0.2, 0.25) is 0 Å². The van der Waals surface area contributed by atoms with Crippen LogP contribution in [0.15, 0.2) is 46.9 Å². The van der Waals surface area contributed by atoms with Gasteiger partial charge < -0.3 is 10.4 Å². The highest BCUT2D eigenvalue weighted by molar-refractivity contribution is 9.10. The molecule has 106 valence electrons. The minimum atomic E-state index is -0.255. The fourth-order valence-corrected chi connectivity index (χ4v) is 2.41. The van der Waals surface area contributed by atoms with Gasteiger partial charge in [-0.1, -0.05) is 18.2 Å². The van der Waals surface area contributed by atoms with Crippen molar-refractivity contribution < 1.29 is 9.50 Å². The second kappa shape index (κ2) is 6.86. The number of halogens is 2. The average Bonchev–Trinajstić information content (AvgIpc) is 2.44. The van der Waals surface area contributed by atoms with Gasteiger partial charge in [0.25, 0.3) is 0 Å². The van der Waals surface area contributed by atoms with Crippen LogP contribution in [0.3, 0.4) is 0 Å². The van der Waals surface area contributed by atoms with E-state index in [1.54, 1.807) is 12.1 Å². The molecule has 2 aromatic carbocycles. The van der Waals surface area contributed by atoms with Crippen LogP contribution in [0.5, 0.6) is 0 Å². The monoisotopic (exact) mass is 337 g/mol. The predicted molar refractivity (Wildman–Crippen MR) is 83.4 cm³/mol. The molecule has 20 heavy (non-hydrogen) atoms. The third kappa shape index (κ3) is 3.81. The number of hydrogen-bond donors (Lipinski definition) is 2. The van der Waals surface area contributed by atoms with Gasteiger partial charge in [0.1, 0.15) is 5.82 Å². The molecule has 0 bridgehead atoms. The Morgan fingerprint density at radius 1 is 1.20 bits per heavy atom. The maximum absolute atomic E-state index is 13.2. The molecule has 1 atom stereocenters. The van der Waals surface area contributed by atoms with Crippen LogP contribution < -0.4 is 5.32 Å². The molecule has 0 saturated carbocycles. The van der Waals surface area contributed by atoms with Gasteiger partial charge in [-0.2, -0.15) is 0 Å². The summed E-state index contributed by atoms with van der Waals surface area (Å²) < 4.78 is 13.7. The summed E-state index contributed by atoms with van der Waals surface area (Å²) in [6.45, 7) is 2.19. The van der Waals surface area contributed by atoms with Gasteiger partial charge in [-0.05, 0) is 64.7 Å². The Hall–Kier alpha value is -1.39. The fourth-order valence-electron chi connectivity index (χ4n) is 2.01. The third-order valence-corrected chi connectivity index (χ3v) is 3.79. The zero-order valence-electron chi connectivity index (χ0n) is 11.2. The van der Waals surface area contributed by atoms with Gasteiger partial charge in [0.15, 0.2) is 0 Å². The van der Waals surface area contributed by atoms with Crippen LogP contribution in [-0.4, -0.2) is 11.7 Å². The highest BCUT2D eigenvalue weighted by Gasteiger charge is 2.08. The number of nitrogens with one attached hydrogen (secondary N) is 1. The molecule has 0 spiro atoms. The van der Waals surface area contributed by atoms with E-state index in [4.69, 9.17) is 5.11 Å². The second-order valence-electron chi connectivity index (χ2n) is 4.71. The van der Waals surface area contributed by atoms with Crippen LogP contribution in [0.25, 0.3) is 0 Å². The van der Waals surface area contributed by atoms with Crippen molar-refractivity contribution in [2.24, 2.45) is 0 Å². The van der Waals surface area contributed by atoms with Crippen LogP contribution in [-0.2, 0) is 6.42 Å². The molecule has 0 aliphatic carbocycles.